The average molecular weight is 465 g/mol. The van der Waals surface area contributed by atoms with Crippen LogP contribution in [0.1, 0.15) is 31.7 Å². The molecule has 0 aliphatic carbocycles. The number of hydrogen-bond donors (Lipinski definition) is 2. The Kier molecular flexibility index (Phi) is 11.8. The number of ether oxygens (including phenoxy) is 2. The van der Waals surface area contributed by atoms with Crippen LogP contribution in [0.3, 0.4) is 0 Å². The average Bonchev–Trinajstić information content (AvgIpc) is 2.61. The van der Waals surface area contributed by atoms with Crippen LogP contribution in [0.15, 0.2) is 29.3 Å². The first-order chi connectivity index (χ1) is 11.8. The minimum absolute atomic E-state index is 0. The Hall–Kier alpha value is -0.930. The third-order valence-electron chi connectivity index (χ3n) is 3.81. The van der Waals surface area contributed by atoms with Crippen molar-refractivity contribution in [2.75, 3.05) is 32.9 Å². The molecular weight excluding hydrogens is 436 g/mol. The van der Waals surface area contributed by atoms with E-state index in [1.165, 1.54) is 12.1 Å². The van der Waals surface area contributed by atoms with E-state index in [-0.39, 0.29) is 29.8 Å². The van der Waals surface area contributed by atoms with E-state index >= 15 is 0 Å². The Bertz CT molecular complexity index is 494. The molecule has 0 saturated carbocycles. The first-order valence-electron chi connectivity index (χ1n) is 8.74. The standard InChI is InChI=1S/C18H28FN3O2.HI/c1-2-20-18(22-14-15-4-6-16(19)7-5-15)21-10-3-11-24-17-8-12-23-13-9-17;/h4-7,17H,2-3,8-14H2,1H3,(H2,20,21,22);1H. The monoisotopic (exact) mass is 465 g/mol. The number of benzene rings is 1. The molecule has 0 atom stereocenters. The van der Waals surface area contributed by atoms with Crippen LogP contribution in [-0.4, -0.2) is 45.0 Å². The summed E-state index contributed by atoms with van der Waals surface area (Å²) in [5.74, 6) is 0.546. The fraction of sp³-hybridized carbons (Fsp3) is 0.611. The van der Waals surface area contributed by atoms with E-state index in [4.69, 9.17) is 9.47 Å². The molecule has 142 valence electrons. The van der Waals surface area contributed by atoms with E-state index in [0.717, 1.165) is 63.7 Å². The molecule has 5 nitrogen and oxygen atoms in total. The van der Waals surface area contributed by atoms with Gasteiger partial charge in [0.2, 0.25) is 0 Å². The molecule has 2 rings (SSSR count). The zero-order valence-electron chi connectivity index (χ0n) is 14.8. The molecule has 0 unspecified atom stereocenters. The molecule has 0 spiro atoms. The molecule has 1 aromatic carbocycles. The van der Waals surface area contributed by atoms with Gasteiger partial charge >= 0.3 is 0 Å². The number of halogens is 2. The molecule has 25 heavy (non-hydrogen) atoms. The second-order valence-electron chi connectivity index (χ2n) is 5.78. The molecule has 1 heterocycles. The summed E-state index contributed by atoms with van der Waals surface area (Å²) in [7, 11) is 0. The van der Waals surface area contributed by atoms with Crippen molar-refractivity contribution < 1.29 is 13.9 Å². The summed E-state index contributed by atoms with van der Waals surface area (Å²) in [5.41, 5.74) is 0.983. The van der Waals surface area contributed by atoms with E-state index in [0.29, 0.717) is 12.6 Å². The van der Waals surface area contributed by atoms with E-state index in [1.54, 1.807) is 12.1 Å². The Morgan fingerprint density at radius 3 is 2.64 bits per heavy atom. The summed E-state index contributed by atoms with van der Waals surface area (Å²) in [6, 6.07) is 6.42. The molecule has 0 aromatic heterocycles. The van der Waals surface area contributed by atoms with Crippen LogP contribution < -0.4 is 10.6 Å². The van der Waals surface area contributed by atoms with Crippen molar-refractivity contribution in [3.63, 3.8) is 0 Å². The second kappa shape index (κ2) is 13.3. The van der Waals surface area contributed by atoms with Crippen LogP contribution in [-0.2, 0) is 16.0 Å². The van der Waals surface area contributed by atoms with Crippen LogP contribution in [0.25, 0.3) is 0 Å². The predicted octanol–water partition coefficient (Wildman–Crippen LogP) is 3.08. The van der Waals surface area contributed by atoms with Crippen LogP contribution >= 0.6 is 24.0 Å². The number of hydrogen-bond acceptors (Lipinski definition) is 3. The summed E-state index contributed by atoms with van der Waals surface area (Å²) < 4.78 is 24.1. The van der Waals surface area contributed by atoms with Gasteiger partial charge in [0, 0.05) is 32.9 Å². The third kappa shape index (κ3) is 9.37. The highest BCUT2D eigenvalue weighted by Crippen LogP contribution is 2.10. The second-order valence-corrected chi connectivity index (χ2v) is 5.78. The number of rotatable bonds is 8. The fourth-order valence-corrected chi connectivity index (χ4v) is 2.47. The van der Waals surface area contributed by atoms with Crippen molar-refractivity contribution in [2.45, 2.75) is 38.8 Å². The predicted molar refractivity (Wildman–Crippen MR) is 109 cm³/mol. The maximum atomic E-state index is 12.9. The van der Waals surface area contributed by atoms with Crippen molar-refractivity contribution in [3.05, 3.63) is 35.6 Å². The highest BCUT2D eigenvalue weighted by atomic mass is 127. The van der Waals surface area contributed by atoms with E-state index < -0.39 is 0 Å². The van der Waals surface area contributed by atoms with Gasteiger partial charge in [-0.05, 0) is 43.9 Å². The smallest absolute Gasteiger partial charge is 0.191 e. The lowest BCUT2D eigenvalue weighted by Crippen LogP contribution is -2.38. The van der Waals surface area contributed by atoms with Crippen LogP contribution in [0.4, 0.5) is 4.39 Å². The fourth-order valence-electron chi connectivity index (χ4n) is 2.47. The Morgan fingerprint density at radius 2 is 1.96 bits per heavy atom. The molecule has 1 aliphatic rings. The summed E-state index contributed by atoms with van der Waals surface area (Å²) in [4.78, 5) is 4.52. The Morgan fingerprint density at radius 1 is 1.24 bits per heavy atom. The van der Waals surface area contributed by atoms with Gasteiger partial charge in [-0.25, -0.2) is 9.38 Å². The number of nitrogens with one attached hydrogen (secondary N) is 2. The molecule has 1 saturated heterocycles. The Labute approximate surface area is 166 Å². The summed E-state index contributed by atoms with van der Waals surface area (Å²) in [5, 5.41) is 6.51. The van der Waals surface area contributed by atoms with Gasteiger partial charge in [-0.15, -0.1) is 24.0 Å². The van der Waals surface area contributed by atoms with Gasteiger partial charge in [-0.2, -0.15) is 0 Å². The molecule has 2 N–H and O–H groups in total. The highest BCUT2D eigenvalue weighted by Gasteiger charge is 2.13. The summed E-state index contributed by atoms with van der Waals surface area (Å²) >= 11 is 0. The molecule has 1 aliphatic heterocycles. The van der Waals surface area contributed by atoms with Crippen molar-refractivity contribution in [1.82, 2.24) is 10.6 Å². The number of aliphatic imine (C=N–C) groups is 1. The molecule has 7 heteroatoms. The van der Waals surface area contributed by atoms with Crippen molar-refractivity contribution >= 4 is 29.9 Å². The Balaban J connectivity index is 0.00000312. The van der Waals surface area contributed by atoms with E-state index in [2.05, 4.69) is 15.6 Å². The van der Waals surface area contributed by atoms with Crippen LogP contribution in [0.5, 0.6) is 0 Å². The lowest BCUT2D eigenvalue weighted by molar-refractivity contribution is -0.0320. The van der Waals surface area contributed by atoms with Crippen molar-refractivity contribution in [2.24, 2.45) is 4.99 Å². The highest BCUT2D eigenvalue weighted by molar-refractivity contribution is 14.0. The maximum Gasteiger partial charge on any atom is 0.191 e. The normalized spacial score (nSPS) is 15.5. The first kappa shape index (κ1) is 22.1. The van der Waals surface area contributed by atoms with E-state index in [9.17, 15) is 4.39 Å². The largest absolute Gasteiger partial charge is 0.381 e. The van der Waals surface area contributed by atoms with Gasteiger partial charge < -0.3 is 20.1 Å². The SMILES string of the molecule is CCNC(=NCc1ccc(F)cc1)NCCCOC1CCOCC1.I. The van der Waals surface area contributed by atoms with Crippen molar-refractivity contribution in [1.29, 1.82) is 0 Å². The molecule has 0 radical (unpaired) electrons. The zero-order chi connectivity index (χ0) is 17.0. The molecule has 0 amide bonds. The van der Waals surface area contributed by atoms with Gasteiger partial charge in [0.05, 0.1) is 12.6 Å². The van der Waals surface area contributed by atoms with E-state index in [1.807, 2.05) is 6.92 Å². The van der Waals surface area contributed by atoms with Gasteiger partial charge in [0.15, 0.2) is 5.96 Å². The third-order valence-corrected chi connectivity index (χ3v) is 3.81. The summed E-state index contributed by atoms with van der Waals surface area (Å²) in [6.07, 6.45) is 3.27. The zero-order valence-corrected chi connectivity index (χ0v) is 17.1. The van der Waals surface area contributed by atoms with Gasteiger partial charge in [-0.3, -0.25) is 0 Å². The van der Waals surface area contributed by atoms with Crippen molar-refractivity contribution in [3.8, 4) is 0 Å². The summed E-state index contributed by atoms with van der Waals surface area (Å²) in [6.45, 7) is 6.52. The lowest BCUT2D eigenvalue weighted by Gasteiger charge is -2.22. The van der Waals surface area contributed by atoms with Crippen LogP contribution in [0.2, 0.25) is 0 Å². The molecule has 1 aromatic rings. The molecular formula is C18H29FIN3O2. The number of nitrogens with zero attached hydrogens (tertiary/aromatic N) is 1. The molecule has 1 fully saturated rings. The lowest BCUT2D eigenvalue weighted by atomic mass is 10.1. The van der Waals surface area contributed by atoms with Crippen LogP contribution in [0, 0.1) is 5.82 Å². The number of guanidine groups is 1. The minimum Gasteiger partial charge on any atom is -0.381 e. The van der Waals surface area contributed by atoms with Gasteiger partial charge in [0.1, 0.15) is 5.82 Å². The maximum absolute atomic E-state index is 12.9. The first-order valence-corrected chi connectivity index (χ1v) is 8.74. The van der Waals surface area contributed by atoms with Gasteiger partial charge in [0.25, 0.3) is 0 Å². The van der Waals surface area contributed by atoms with Gasteiger partial charge in [-0.1, -0.05) is 12.1 Å². The molecule has 0 bridgehead atoms. The topological polar surface area (TPSA) is 54.9 Å². The minimum atomic E-state index is -0.225. The quantitative estimate of drug-likeness (QED) is 0.268.